The normalized spacial score (nSPS) is 11.5. The largest absolute Gasteiger partial charge is 0.333 e. The van der Waals surface area contributed by atoms with Crippen molar-refractivity contribution < 1.29 is 4.79 Å². The van der Waals surface area contributed by atoms with Crippen LogP contribution >= 0.6 is 0 Å². The third-order valence-electron chi connectivity index (χ3n) is 4.80. The zero-order valence-electron chi connectivity index (χ0n) is 17.4. The molecule has 6 heteroatoms. The lowest BCUT2D eigenvalue weighted by atomic mass is 10.1. The molecule has 1 aromatic carbocycles. The maximum Gasteiger partial charge on any atom is 0.256 e. The highest BCUT2D eigenvalue weighted by atomic mass is 16.2. The number of hydrogen-bond acceptors (Lipinski definition) is 4. The number of fused-ring (bicyclic) bond motifs is 1. The molecule has 0 atom stereocenters. The first kappa shape index (κ1) is 20.0. The monoisotopic (exact) mass is 379 g/mol. The molecular weight excluding hydrogens is 350 g/mol. The zero-order chi connectivity index (χ0) is 20.3. The highest BCUT2D eigenvalue weighted by Crippen LogP contribution is 2.21. The maximum atomic E-state index is 13.4. The summed E-state index contributed by atoms with van der Waals surface area (Å²) >= 11 is 0. The summed E-state index contributed by atoms with van der Waals surface area (Å²) in [4.78, 5) is 22.1. The van der Waals surface area contributed by atoms with Gasteiger partial charge in [-0.05, 0) is 46.5 Å². The molecule has 0 saturated carbocycles. The Morgan fingerprint density at radius 3 is 2.50 bits per heavy atom. The van der Waals surface area contributed by atoms with Crippen molar-refractivity contribution >= 4 is 16.9 Å². The Morgan fingerprint density at radius 1 is 1.14 bits per heavy atom. The van der Waals surface area contributed by atoms with Crippen LogP contribution in [0, 0.1) is 6.92 Å². The third kappa shape index (κ3) is 4.39. The van der Waals surface area contributed by atoms with Gasteiger partial charge < -0.3 is 9.80 Å². The minimum absolute atomic E-state index is 0.00917. The molecule has 2 aromatic heterocycles. The molecule has 28 heavy (non-hydrogen) atoms. The van der Waals surface area contributed by atoms with Crippen molar-refractivity contribution in [1.82, 2.24) is 24.6 Å². The van der Waals surface area contributed by atoms with Crippen LogP contribution in [0.15, 0.2) is 42.6 Å². The summed E-state index contributed by atoms with van der Waals surface area (Å²) < 4.78 is 1.89. The number of aryl methyl sites for hydroxylation is 1. The highest BCUT2D eigenvalue weighted by Gasteiger charge is 2.21. The number of hydrogen-bond donors (Lipinski definition) is 0. The minimum atomic E-state index is 0.00917. The Balaban J connectivity index is 1.93. The van der Waals surface area contributed by atoms with Gasteiger partial charge in [-0.1, -0.05) is 30.3 Å². The minimum Gasteiger partial charge on any atom is -0.333 e. The summed E-state index contributed by atoms with van der Waals surface area (Å²) in [6.45, 7) is 8.09. The Kier molecular flexibility index (Phi) is 6.09. The average Bonchev–Trinajstić information content (AvgIpc) is 3.07. The van der Waals surface area contributed by atoms with Crippen LogP contribution in [0.4, 0.5) is 0 Å². The molecule has 6 nitrogen and oxygen atoms in total. The summed E-state index contributed by atoms with van der Waals surface area (Å²) in [5.41, 5.74) is 3.33. The fourth-order valence-corrected chi connectivity index (χ4v) is 3.21. The SMILES string of the molecule is Cc1nc2c(cnn2C(C)C)cc1C(=O)N(CCN(C)C)Cc1ccccc1. The Morgan fingerprint density at radius 2 is 1.86 bits per heavy atom. The molecule has 0 unspecified atom stereocenters. The standard InChI is InChI=1S/C22H29N5O/c1-16(2)27-21-19(14-23-27)13-20(17(3)24-21)22(28)26(12-11-25(4)5)15-18-9-7-6-8-10-18/h6-10,13-14,16H,11-12,15H2,1-5H3. The van der Waals surface area contributed by atoms with E-state index >= 15 is 0 Å². The van der Waals surface area contributed by atoms with Crippen molar-refractivity contribution in [2.75, 3.05) is 27.2 Å². The Labute approximate surface area is 166 Å². The Hall–Kier alpha value is -2.73. The van der Waals surface area contributed by atoms with Gasteiger partial charge in [-0.15, -0.1) is 0 Å². The quantitative estimate of drug-likeness (QED) is 0.630. The van der Waals surface area contributed by atoms with Gasteiger partial charge in [-0.25, -0.2) is 9.67 Å². The fraction of sp³-hybridized carbons (Fsp3) is 0.409. The van der Waals surface area contributed by atoms with Gasteiger partial charge >= 0.3 is 0 Å². The van der Waals surface area contributed by atoms with Crippen LogP contribution in [-0.2, 0) is 6.54 Å². The molecule has 0 fully saturated rings. The smallest absolute Gasteiger partial charge is 0.256 e. The van der Waals surface area contributed by atoms with Gasteiger partial charge in [0.2, 0.25) is 0 Å². The lowest BCUT2D eigenvalue weighted by Gasteiger charge is -2.25. The number of likely N-dealkylation sites (N-methyl/N-ethyl adjacent to an activating group) is 1. The molecule has 3 aromatic rings. The molecule has 1 amide bonds. The van der Waals surface area contributed by atoms with Crippen LogP contribution in [0.25, 0.3) is 11.0 Å². The summed E-state index contributed by atoms with van der Waals surface area (Å²) in [5, 5.41) is 5.33. The third-order valence-corrected chi connectivity index (χ3v) is 4.80. The first-order chi connectivity index (χ1) is 13.4. The number of carbonyl (C=O) groups excluding carboxylic acids is 1. The molecule has 0 saturated heterocycles. The second kappa shape index (κ2) is 8.52. The molecule has 0 bridgehead atoms. The number of pyridine rings is 1. The van der Waals surface area contributed by atoms with Gasteiger partial charge in [-0.2, -0.15) is 5.10 Å². The van der Waals surface area contributed by atoms with Gasteiger partial charge in [0.1, 0.15) is 0 Å². The number of rotatable bonds is 7. The first-order valence-electron chi connectivity index (χ1n) is 9.69. The number of amides is 1. The van der Waals surface area contributed by atoms with Crippen molar-refractivity contribution in [3.8, 4) is 0 Å². The molecule has 0 spiro atoms. The van der Waals surface area contributed by atoms with E-state index in [-0.39, 0.29) is 11.9 Å². The molecule has 0 radical (unpaired) electrons. The summed E-state index contributed by atoms with van der Waals surface area (Å²) in [6.07, 6.45) is 1.79. The van der Waals surface area contributed by atoms with Gasteiger partial charge in [0, 0.05) is 31.1 Å². The molecule has 0 aliphatic heterocycles. The van der Waals surface area contributed by atoms with E-state index in [2.05, 4.69) is 36.0 Å². The van der Waals surface area contributed by atoms with Crippen molar-refractivity contribution in [1.29, 1.82) is 0 Å². The van der Waals surface area contributed by atoms with Crippen molar-refractivity contribution in [2.24, 2.45) is 0 Å². The lowest BCUT2D eigenvalue weighted by Crippen LogP contribution is -2.36. The molecule has 0 aliphatic rings. The number of carbonyl (C=O) groups is 1. The van der Waals surface area contributed by atoms with Gasteiger partial charge in [0.25, 0.3) is 5.91 Å². The van der Waals surface area contributed by atoms with E-state index in [1.54, 1.807) is 6.20 Å². The van der Waals surface area contributed by atoms with Gasteiger partial charge in [0.15, 0.2) is 5.65 Å². The van der Waals surface area contributed by atoms with Gasteiger partial charge in [-0.3, -0.25) is 4.79 Å². The van der Waals surface area contributed by atoms with Crippen molar-refractivity contribution in [3.63, 3.8) is 0 Å². The second-order valence-electron chi connectivity index (χ2n) is 7.73. The fourth-order valence-electron chi connectivity index (χ4n) is 3.21. The van der Waals surface area contributed by atoms with E-state index in [1.807, 2.05) is 54.9 Å². The van der Waals surface area contributed by atoms with Gasteiger partial charge in [0.05, 0.1) is 17.5 Å². The van der Waals surface area contributed by atoms with Crippen LogP contribution in [-0.4, -0.2) is 57.7 Å². The molecule has 0 aliphatic carbocycles. The number of benzene rings is 1. The summed E-state index contributed by atoms with van der Waals surface area (Å²) in [7, 11) is 4.04. The molecule has 3 rings (SSSR count). The zero-order valence-corrected chi connectivity index (χ0v) is 17.4. The van der Waals surface area contributed by atoms with Crippen molar-refractivity contribution in [3.05, 3.63) is 59.4 Å². The number of nitrogens with zero attached hydrogens (tertiary/aromatic N) is 5. The average molecular weight is 380 g/mol. The summed E-state index contributed by atoms with van der Waals surface area (Å²) in [5.74, 6) is 0.00917. The van der Waals surface area contributed by atoms with E-state index in [9.17, 15) is 4.79 Å². The highest BCUT2D eigenvalue weighted by molar-refractivity contribution is 5.98. The Bertz CT molecular complexity index is 946. The van der Waals surface area contributed by atoms with Crippen LogP contribution in [0.3, 0.4) is 0 Å². The van der Waals surface area contributed by atoms with Crippen LogP contribution in [0.1, 0.15) is 41.5 Å². The van der Waals surface area contributed by atoms with E-state index in [1.165, 1.54) is 0 Å². The van der Waals surface area contributed by atoms with E-state index in [0.29, 0.717) is 18.7 Å². The van der Waals surface area contributed by atoms with Crippen LogP contribution in [0.5, 0.6) is 0 Å². The number of aromatic nitrogens is 3. The molecule has 0 N–H and O–H groups in total. The van der Waals surface area contributed by atoms with Crippen LogP contribution < -0.4 is 0 Å². The van der Waals surface area contributed by atoms with E-state index < -0.39 is 0 Å². The van der Waals surface area contributed by atoms with Crippen LogP contribution in [0.2, 0.25) is 0 Å². The predicted octanol–water partition coefficient (Wildman–Crippen LogP) is 3.52. The predicted molar refractivity (Wildman–Crippen MR) is 112 cm³/mol. The van der Waals surface area contributed by atoms with E-state index in [4.69, 9.17) is 4.98 Å². The lowest BCUT2D eigenvalue weighted by molar-refractivity contribution is 0.0731. The maximum absolute atomic E-state index is 13.4. The second-order valence-corrected chi connectivity index (χ2v) is 7.73. The molecule has 2 heterocycles. The first-order valence-corrected chi connectivity index (χ1v) is 9.69. The molecular formula is C22H29N5O. The topological polar surface area (TPSA) is 54.3 Å². The van der Waals surface area contributed by atoms with Crippen molar-refractivity contribution in [2.45, 2.75) is 33.4 Å². The van der Waals surface area contributed by atoms with E-state index in [0.717, 1.165) is 28.8 Å². The summed E-state index contributed by atoms with van der Waals surface area (Å²) in [6, 6.07) is 12.3. The molecule has 148 valence electrons.